The summed E-state index contributed by atoms with van der Waals surface area (Å²) < 4.78 is 5.32. The highest BCUT2D eigenvalue weighted by Crippen LogP contribution is 2.27. The van der Waals surface area contributed by atoms with Crippen LogP contribution < -0.4 is 10.6 Å². The number of fused-ring (bicyclic) bond motifs is 1. The third kappa shape index (κ3) is 3.69. The van der Waals surface area contributed by atoms with Crippen molar-refractivity contribution in [1.82, 2.24) is 20.8 Å². The molecule has 2 aromatic heterocycles. The molecule has 0 aliphatic heterocycles. The standard InChI is InChI=1S/C19H22N4O2/c1-12-5-7-14(8-6-12)16-11-15(18(24)21-10-4-9-20-3)17-13(2)23-25-19(17)22-16/h5-8,11,20H,4,9-10H2,1-3H3,(H,21,24). The fraction of sp³-hybridized carbons (Fsp3) is 0.316. The average Bonchev–Trinajstić information content (AvgIpc) is 2.99. The van der Waals surface area contributed by atoms with Crippen LogP contribution in [0.2, 0.25) is 0 Å². The van der Waals surface area contributed by atoms with Crippen molar-refractivity contribution in [2.75, 3.05) is 20.1 Å². The molecule has 1 aromatic carbocycles. The van der Waals surface area contributed by atoms with E-state index in [4.69, 9.17) is 4.52 Å². The van der Waals surface area contributed by atoms with E-state index in [-0.39, 0.29) is 5.91 Å². The summed E-state index contributed by atoms with van der Waals surface area (Å²) in [6, 6.07) is 9.82. The number of benzene rings is 1. The van der Waals surface area contributed by atoms with E-state index in [1.54, 1.807) is 0 Å². The normalized spacial score (nSPS) is 11.0. The summed E-state index contributed by atoms with van der Waals surface area (Å²) in [5, 5.41) is 10.7. The first-order valence-electron chi connectivity index (χ1n) is 8.37. The largest absolute Gasteiger partial charge is 0.352 e. The van der Waals surface area contributed by atoms with Gasteiger partial charge < -0.3 is 15.2 Å². The Labute approximate surface area is 146 Å². The first-order chi connectivity index (χ1) is 12.1. The minimum Gasteiger partial charge on any atom is -0.352 e. The van der Waals surface area contributed by atoms with E-state index in [1.807, 2.05) is 51.2 Å². The molecule has 0 fully saturated rings. The number of amides is 1. The fourth-order valence-corrected chi connectivity index (χ4v) is 2.71. The molecule has 25 heavy (non-hydrogen) atoms. The summed E-state index contributed by atoms with van der Waals surface area (Å²) in [6.07, 6.45) is 0.865. The van der Waals surface area contributed by atoms with Crippen molar-refractivity contribution < 1.29 is 9.32 Å². The van der Waals surface area contributed by atoms with E-state index in [0.717, 1.165) is 18.5 Å². The first kappa shape index (κ1) is 17.1. The van der Waals surface area contributed by atoms with Crippen molar-refractivity contribution in [3.05, 3.63) is 47.2 Å². The van der Waals surface area contributed by atoms with E-state index in [9.17, 15) is 4.79 Å². The zero-order valence-electron chi connectivity index (χ0n) is 14.7. The molecule has 0 aliphatic rings. The van der Waals surface area contributed by atoms with Crippen molar-refractivity contribution in [3.63, 3.8) is 0 Å². The number of aromatic nitrogens is 2. The molecule has 2 heterocycles. The van der Waals surface area contributed by atoms with Gasteiger partial charge in [-0.2, -0.15) is 0 Å². The lowest BCUT2D eigenvalue weighted by atomic mass is 10.0. The number of carbonyl (C=O) groups excluding carboxylic acids is 1. The number of hydrogen-bond donors (Lipinski definition) is 2. The van der Waals surface area contributed by atoms with Gasteiger partial charge in [-0.15, -0.1) is 0 Å². The third-order valence-corrected chi connectivity index (χ3v) is 4.10. The molecule has 0 saturated carbocycles. The Morgan fingerprint density at radius 3 is 2.64 bits per heavy atom. The molecule has 0 spiro atoms. The lowest BCUT2D eigenvalue weighted by Crippen LogP contribution is -2.27. The van der Waals surface area contributed by atoms with E-state index in [1.165, 1.54) is 5.56 Å². The second kappa shape index (κ2) is 7.44. The van der Waals surface area contributed by atoms with Crippen molar-refractivity contribution in [3.8, 4) is 11.3 Å². The summed E-state index contributed by atoms with van der Waals surface area (Å²) in [5.41, 5.74) is 4.40. The minimum atomic E-state index is -0.136. The predicted molar refractivity (Wildman–Crippen MR) is 97.6 cm³/mol. The molecule has 0 bridgehead atoms. The van der Waals surface area contributed by atoms with Gasteiger partial charge in [0.1, 0.15) is 0 Å². The Kier molecular flexibility index (Phi) is 5.09. The second-order valence-electron chi connectivity index (χ2n) is 6.08. The highest BCUT2D eigenvalue weighted by Gasteiger charge is 2.19. The molecule has 3 aromatic rings. The van der Waals surface area contributed by atoms with Gasteiger partial charge in [0.25, 0.3) is 11.6 Å². The van der Waals surface area contributed by atoms with Gasteiger partial charge in [0.2, 0.25) is 0 Å². The van der Waals surface area contributed by atoms with Crippen molar-refractivity contribution >= 4 is 17.0 Å². The van der Waals surface area contributed by atoms with Gasteiger partial charge in [0, 0.05) is 12.1 Å². The lowest BCUT2D eigenvalue weighted by Gasteiger charge is -2.08. The van der Waals surface area contributed by atoms with Gasteiger partial charge in [-0.25, -0.2) is 4.98 Å². The van der Waals surface area contributed by atoms with Gasteiger partial charge in [-0.3, -0.25) is 4.79 Å². The van der Waals surface area contributed by atoms with E-state index >= 15 is 0 Å². The predicted octanol–water partition coefficient (Wildman–Crippen LogP) is 2.85. The van der Waals surface area contributed by atoms with Gasteiger partial charge >= 0.3 is 0 Å². The summed E-state index contributed by atoms with van der Waals surface area (Å²) >= 11 is 0. The van der Waals surface area contributed by atoms with Crippen LogP contribution >= 0.6 is 0 Å². The van der Waals surface area contributed by atoms with E-state index in [2.05, 4.69) is 20.8 Å². The van der Waals surface area contributed by atoms with Crippen LogP contribution in [0, 0.1) is 13.8 Å². The molecule has 0 saturated heterocycles. The minimum absolute atomic E-state index is 0.136. The third-order valence-electron chi connectivity index (χ3n) is 4.10. The summed E-state index contributed by atoms with van der Waals surface area (Å²) in [4.78, 5) is 17.2. The van der Waals surface area contributed by atoms with E-state index < -0.39 is 0 Å². The van der Waals surface area contributed by atoms with Crippen molar-refractivity contribution in [1.29, 1.82) is 0 Å². The molecule has 130 valence electrons. The quantitative estimate of drug-likeness (QED) is 0.676. The molecular weight excluding hydrogens is 316 g/mol. The zero-order valence-corrected chi connectivity index (χ0v) is 14.7. The molecule has 6 heteroatoms. The molecule has 0 aliphatic carbocycles. The zero-order chi connectivity index (χ0) is 17.8. The number of pyridine rings is 1. The Morgan fingerprint density at radius 1 is 1.16 bits per heavy atom. The maximum Gasteiger partial charge on any atom is 0.259 e. The monoisotopic (exact) mass is 338 g/mol. The van der Waals surface area contributed by atoms with E-state index in [0.29, 0.717) is 34.6 Å². The molecule has 2 N–H and O–H groups in total. The number of nitrogens with zero attached hydrogens (tertiary/aromatic N) is 2. The molecule has 0 atom stereocenters. The summed E-state index contributed by atoms with van der Waals surface area (Å²) in [7, 11) is 1.89. The highest BCUT2D eigenvalue weighted by molar-refractivity contribution is 6.06. The van der Waals surface area contributed by atoms with Crippen LogP contribution in [0.5, 0.6) is 0 Å². The molecule has 0 unspecified atom stereocenters. The average molecular weight is 338 g/mol. The van der Waals surface area contributed by atoms with Crippen LogP contribution in [0.15, 0.2) is 34.9 Å². The maximum absolute atomic E-state index is 12.7. The number of rotatable bonds is 6. The van der Waals surface area contributed by atoms with Gasteiger partial charge in [0.15, 0.2) is 0 Å². The van der Waals surface area contributed by atoms with Crippen LogP contribution in [0.4, 0.5) is 0 Å². The summed E-state index contributed by atoms with van der Waals surface area (Å²) in [6.45, 7) is 5.31. The molecule has 3 rings (SSSR count). The van der Waals surface area contributed by atoms with Gasteiger partial charge in [-0.05, 0) is 39.9 Å². The molecular formula is C19H22N4O2. The van der Waals surface area contributed by atoms with Crippen molar-refractivity contribution in [2.24, 2.45) is 0 Å². The molecule has 6 nitrogen and oxygen atoms in total. The van der Waals surface area contributed by atoms with Crippen LogP contribution in [0.3, 0.4) is 0 Å². The van der Waals surface area contributed by atoms with Crippen LogP contribution in [0.1, 0.15) is 28.0 Å². The molecule has 1 amide bonds. The van der Waals surface area contributed by atoms with Crippen molar-refractivity contribution in [2.45, 2.75) is 20.3 Å². The SMILES string of the molecule is CNCCCNC(=O)c1cc(-c2ccc(C)cc2)nc2onc(C)c12. The Balaban J connectivity index is 1.98. The number of hydrogen-bond acceptors (Lipinski definition) is 5. The van der Waals surface area contributed by atoms with Gasteiger partial charge in [-0.1, -0.05) is 35.0 Å². The smallest absolute Gasteiger partial charge is 0.259 e. The van der Waals surface area contributed by atoms with Gasteiger partial charge in [0.05, 0.1) is 22.3 Å². The Bertz CT molecular complexity index is 884. The fourth-order valence-electron chi connectivity index (χ4n) is 2.71. The highest BCUT2D eigenvalue weighted by atomic mass is 16.5. The van der Waals surface area contributed by atoms with Crippen LogP contribution in [0.25, 0.3) is 22.4 Å². The Morgan fingerprint density at radius 2 is 1.92 bits per heavy atom. The number of nitrogens with one attached hydrogen (secondary N) is 2. The van der Waals surface area contributed by atoms with Crippen LogP contribution in [-0.4, -0.2) is 36.2 Å². The Hall–Kier alpha value is -2.73. The van der Waals surface area contributed by atoms with Crippen LogP contribution in [-0.2, 0) is 0 Å². The molecule has 0 radical (unpaired) electrons. The first-order valence-corrected chi connectivity index (χ1v) is 8.37. The maximum atomic E-state index is 12.7. The lowest BCUT2D eigenvalue weighted by molar-refractivity contribution is 0.0955. The second-order valence-corrected chi connectivity index (χ2v) is 6.08. The summed E-state index contributed by atoms with van der Waals surface area (Å²) in [5.74, 6) is -0.136. The topological polar surface area (TPSA) is 80.0 Å². The number of aryl methyl sites for hydroxylation is 2. The number of carbonyl (C=O) groups is 1.